The van der Waals surface area contributed by atoms with Gasteiger partial charge in [0.25, 0.3) is 0 Å². The van der Waals surface area contributed by atoms with Crippen LogP contribution in [-0.4, -0.2) is 33.0 Å². The van der Waals surface area contributed by atoms with Crippen LogP contribution in [0.3, 0.4) is 0 Å². The third kappa shape index (κ3) is 1.82. The van der Waals surface area contributed by atoms with Gasteiger partial charge in [-0.1, -0.05) is 0 Å². The Morgan fingerprint density at radius 3 is 2.60 bits per heavy atom. The number of aromatic nitrogens is 4. The Bertz CT molecular complexity index is 662. The van der Waals surface area contributed by atoms with Crippen molar-refractivity contribution in [1.29, 1.82) is 0 Å². The Labute approximate surface area is 116 Å². The third-order valence-corrected chi connectivity index (χ3v) is 3.99. The van der Waals surface area contributed by atoms with Crippen LogP contribution in [0.2, 0.25) is 0 Å². The van der Waals surface area contributed by atoms with Crippen LogP contribution >= 0.6 is 0 Å². The zero-order valence-corrected chi connectivity index (χ0v) is 10.9. The summed E-state index contributed by atoms with van der Waals surface area (Å²) in [6, 6.07) is 1.63. The molecular formula is C13H15N7. The highest BCUT2D eigenvalue weighted by Crippen LogP contribution is 2.45. The summed E-state index contributed by atoms with van der Waals surface area (Å²) in [6.07, 6.45) is 4.62. The van der Waals surface area contributed by atoms with Gasteiger partial charge in [-0.3, -0.25) is 0 Å². The maximum atomic E-state index is 6.02. The quantitative estimate of drug-likeness (QED) is 0.820. The van der Waals surface area contributed by atoms with Gasteiger partial charge in [0, 0.05) is 25.5 Å². The normalized spacial score (nSPS) is 23.7. The van der Waals surface area contributed by atoms with Gasteiger partial charge in [-0.15, -0.1) is 0 Å². The molecular weight excluding hydrogens is 254 g/mol. The Balaban J connectivity index is 1.65. The molecule has 0 amide bonds. The van der Waals surface area contributed by atoms with Crippen molar-refractivity contribution >= 4 is 17.6 Å². The standard InChI is InChI=1S/C13H15N7/c14-10-1-2-16-12(18-10)9-4-17-13(19-11(9)15)20-5-7-3-8(7)6-20/h1-2,4,7-8H,3,5-6H2,(H2,14,16,18)(H2,15,17,19). The average molecular weight is 269 g/mol. The SMILES string of the molecule is Nc1ccnc(-c2cnc(N3CC4CC4C3)nc2N)n1. The number of hydrogen-bond acceptors (Lipinski definition) is 7. The minimum Gasteiger partial charge on any atom is -0.384 e. The van der Waals surface area contributed by atoms with E-state index in [1.165, 1.54) is 6.42 Å². The molecule has 2 fully saturated rings. The first-order valence-electron chi connectivity index (χ1n) is 6.67. The highest BCUT2D eigenvalue weighted by Gasteiger charge is 2.45. The fraction of sp³-hybridized carbons (Fsp3) is 0.385. The molecule has 1 saturated heterocycles. The smallest absolute Gasteiger partial charge is 0.227 e. The van der Waals surface area contributed by atoms with Crippen LogP contribution in [0.1, 0.15) is 6.42 Å². The Morgan fingerprint density at radius 2 is 1.90 bits per heavy atom. The van der Waals surface area contributed by atoms with E-state index in [-0.39, 0.29) is 0 Å². The minimum atomic E-state index is 0.390. The van der Waals surface area contributed by atoms with Crippen LogP contribution < -0.4 is 16.4 Å². The lowest BCUT2D eigenvalue weighted by molar-refractivity contribution is 0.788. The topological polar surface area (TPSA) is 107 Å². The molecule has 3 heterocycles. The molecule has 4 rings (SSSR count). The van der Waals surface area contributed by atoms with Gasteiger partial charge in [0.05, 0.1) is 5.56 Å². The lowest BCUT2D eigenvalue weighted by Crippen LogP contribution is -2.24. The van der Waals surface area contributed by atoms with Gasteiger partial charge >= 0.3 is 0 Å². The second-order valence-corrected chi connectivity index (χ2v) is 5.43. The fourth-order valence-electron chi connectivity index (χ4n) is 2.77. The van der Waals surface area contributed by atoms with Gasteiger partial charge in [0.1, 0.15) is 11.6 Å². The molecule has 1 aliphatic carbocycles. The molecule has 0 aromatic carbocycles. The summed E-state index contributed by atoms with van der Waals surface area (Å²) < 4.78 is 0. The maximum Gasteiger partial charge on any atom is 0.227 e. The van der Waals surface area contributed by atoms with Crippen molar-refractivity contribution in [3.63, 3.8) is 0 Å². The van der Waals surface area contributed by atoms with Crippen LogP contribution in [0.4, 0.5) is 17.6 Å². The summed E-state index contributed by atoms with van der Waals surface area (Å²) in [5.41, 5.74) is 12.3. The van der Waals surface area contributed by atoms with Crippen molar-refractivity contribution in [1.82, 2.24) is 19.9 Å². The number of fused-ring (bicyclic) bond motifs is 1. The van der Waals surface area contributed by atoms with Crippen molar-refractivity contribution in [2.24, 2.45) is 11.8 Å². The van der Waals surface area contributed by atoms with Crippen molar-refractivity contribution in [2.45, 2.75) is 6.42 Å². The van der Waals surface area contributed by atoms with Crippen LogP contribution in [0.5, 0.6) is 0 Å². The van der Waals surface area contributed by atoms with E-state index in [0.717, 1.165) is 24.9 Å². The van der Waals surface area contributed by atoms with Crippen LogP contribution in [0, 0.1) is 11.8 Å². The second kappa shape index (κ2) is 4.03. The predicted octanol–water partition coefficient (Wildman–Crippen LogP) is 0.554. The maximum absolute atomic E-state index is 6.02. The molecule has 2 atom stereocenters. The molecule has 7 heteroatoms. The first-order chi connectivity index (χ1) is 9.70. The number of anilines is 3. The van der Waals surface area contributed by atoms with E-state index in [2.05, 4.69) is 24.8 Å². The van der Waals surface area contributed by atoms with Gasteiger partial charge < -0.3 is 16.4 Å². The highest BCUT2D eigenvalue weighted by atomic mass is 15.3. The molecule has 2 aromatic rings. The van der Waals surface area contributed by atoms with Gasteiger partial charge in [-0.05, 0) is 24.3 Å². The van der Waals surface area contributed by atoms with Crippen molar-refractivity contribution in [2.75, 3.05) is 29.5 Å². The summed E-state index contributed by atoms with van der Waals surface area (Å²) in [5, 5.41) is 0. The molecule has 0 spiro atoms. The van der Waals surface area contributed by atoms with E-state index >= 15 is 0 Å². The average Bonchev–Trinajstić information content (AvgIpc) is 3.05. The third-order valence-electron chi connectivity index (χ3n) is 3.99. The number of nitrogens with zero attached hydrogens (tertiary/aromatic N) is 5. The second-order valence-electron chi connectivity index (χ2n) is 5.43. The van der Waals surface area contributed by atoms with Gasteiger partial charge in [-0.2, -0.15) is 4.98 Å². The Hall–Kier alpha value is -2.44. The van der Waals surface area contributed by atoms with Crippen molar-refractivity contribution in [3.8, 4) is 11.4 Å². The van der Waals surface area contributed by atoms with Crippen molar-refractivity contribution < 1.29 is 0 Å². The summed E-state index contributed by atoms with van der Waals surface area (Å²) in [7, 11) is 0. The fourth-order valence-corrected chi connectivity index (χ4v) is 2.77. The summed E-state index contributed by atoms with van der Waals surface area (Å²) in [4.78, 5) is 19.3. The van der Waals surface area contributed by atoms with E-state index in [9.17, 15) is 0 Å². The van der Waals surface area contributed by atoms with Crippen molar-refractivity contribution in [3.05, 3.63) is 18.5 Å². The molecule has 20 heavy (non-hydrogen) atoms. The lowest BCUT2D eigenvalue weighted by Gasteiger charge is -2.18. The van der Waals surface area contributed by atoms with Crippen LogP contribution in [0.15, 0.2) is 18.5 Å². The molecule has 2 unspecified atom stereocenters. The van der Waals surface area contributed by atoms with Gasteiger partial charge in [0.2, 0.25) is 5.95 Å². The zero-order valence-electron chi connectivity index (χ0n) is 10.9. The number of nitrogens with two attached hydrogens (primary N) is 2. The summed E-state index contributed by atoms with van der Waals surface area (Å²) in [6.45, 7) is 2.08. The zero-order chi connectivity index (χ0) is 13.7. The molecule has 4 N–H and O–H groups in total. The van der Waals surface area contributed by atoms with E-state index in [0.29, 0.717) is 29.0 Å². The molecule has 2 aromatic heterocycles. The van der Waals surface area contributed by atoms with E-state index in [1.807, 2.05) is 0 Å². The molecule has 102 valence electrons. The lowest BCUT2D eigenvalue weighted by atomic mass is 10.3. The van der Waals surface area contributed by atoms with Crippen LogP contribution in [0.25, 0.3) is 11.4 Å². The highest BCUT2D eigenvalue weighted by molar-refractivity contribution is 5.69. The summed E-state index contributed by atoms with van der Waals surface area (Å²) >= 11 is 0. The van der Waals surface area contributed by atoms with Crippen LogP contribution in [-0.2, 0) is 0 Å². The van der Waals surface area contributed by atoms with E-state index in [4.69, 9.17) is 11.5 Å². The summed E-state index contributed by atoms with van der Waals surface area (Å²) in [5.74, 6) is 3.61. The Kier molecular flexibility index (Phi) is 2.29. The van der Waals surface area contributed by atoms with Gasteiger partial charge in [0.15, 0.2) is 5.82 Å². The number of rotatable bonds is 2. The molecule has 1 aliphatic heterocycles. The monoisotopic (exact) mass is 269 g/mol. The molecule has 2 aliphatic rings. The number of nitrogen functional groups attached to an aromatic ring is 2. The minimum absolute atomic E-state index is 0.390. The predicted molar refractivity (Wildman–Crippen MR) is 75.7 cm³/mol. The number of piperidine rings is 1. The first-order valence-corrected chi connectivity index (χ1v) is 6.67. The first kappa shape index (κ1) is 11.4. The molecule has 0 bridgehead atoms. The largest absolute Gasteiger partial charge is 0.384 e. The molecule has 0 radical (unpaired) electrons. The van der Waals surface area contributed by atoms with E-state index < -0.39 is 0 Å². The number of hydrogen-bond donors (Lipinski definition) is 2. The van der Waals surface area contributed by atoms with Gasteiger partial charge in [-0.25, -0.2) is 15.0 Å². The van der Waals surface area contributed by atoms with E-state index in [1.54, 1.807) is 18.5 Å². The Morgan fingerprint density at radius 1 is 1.10 bits per heavy atom. The molecule has 1 saturated carbocycles. The molecule has 7 nitrogen and oxygen atoms in total.